The van der Waals surface area contributed by atoms with Crippen molar-refractivity contribution in [1.82, 2.24) is 4.90 Å². The van der Waals surface area contributed by atoms with Crippen LogP contribution < -0.4 is 5.32 Å². The normalized spacial score (nSPS) is 14.6. The number of carbonyl (C=O) groups excluding carboxylic acids is 2. The van der Waals surface area contributed by atoms with Gasteiger partial charge in [-0.1, -0.05) is 63.0 Å². The number of benzene rings is 1. The Bertz CT molecular complexity index is 679. The van der Waals surface area contributed by atoms with Crippen LogP contribution in [0.15, 0.2) is 18.2 Å². The predicted octanol–water partition coefficient (Wildman–Crippen LogP) is 4.04. The van der Waals surface area contributed by atoms with Gasteiger partial charge in [0.25, 0.3) is 5.91 Å². The zero-order valence-corrected chi connectivity index (χ0v) is 18.6. The van der Waals surface area contributed by atoms with Crippen LogP contribution in [0.1, 0.15) is 44.7 Å². The molecule has 0 aliphatic carbocycles. The van der Waals surface area contributed by atoms with E-state index in [4.69, 9.17) is 17.0 Å². The first-order valence-corrected chi connectivity index (χ1v) is 11.3. The molecule has 0 unspecified atom stereocenters. The van der Waals surface area contributed by atoms with Gasteiger partial charge in [0.1, 0.15) is 4.32 Å². The summed E-state index contributed by atoms with van der Waals surface area (Å²) in [4.78, 5) is 26.4. The van der Waals surface area contributed by atoms with Crippen molar-refractivity contribution in [2.24, 2.45) is 5.92 Å². The van der Waals surface area contributed by atoms with Crippen LogP contribution in [0.3, 0.4) is 0 Å². The first-order valence-electron chi connectivity index (χ1n) is 9.92. The number of para-hydroxylation sites is 1. The van der Waals surface area contributed by atoms with Gasteiger partial charge in [0, 0.05) is 18.8 Å². The Morgan fingerprint density at radius 1 is 1.21 bits per heavy atom. The molecule has 154 valence electrons. The van der Waals surface area contributed by atoms with Gasteiger partial charge in [-0.3, -0.25) is 9.59 Å². The Hall–Kier alpha value is -1.60. The Kier molecular flexibility index (Phi) is 9.25. The third-order valence-corrected chi connectivity index (χ3v) is 6.48. The minimum absolute atomic E-state index is 0.129. The molecule has 0 saturated carbocycles. The van der Waals surface area contributed by atoms with Crippen LogP contribution in [0.25, 0.3) is 0 Å². The fraction of sp³-hybridized carbons (Fsp3) is 0.571. The Labute approximate surface area is 177 Å². The van der Waals surface area contributed by atoms with Crippen LogP contribution in [0.2, 0.25) is 0 Å². The number of thioether (sulfide) groups is 1. The number of likely N-dealkylation sites (tertiary alicyclic amines) is 1. The number of thiocarbonyl (C=S) groups is 1. The summed E-state index contributed by atoms with van der Waals surface area (Å²) in [7, 11) is 0. The molecule has 1 fully saturated rings. The number of nitrogens with zero attached hydrogens (tertiary/aromatic N) is 1. The summed E-state index contributed by atoms with van der Waals surface area (Å²) >= 11 is 6.72. The number of anilines is 1. The molecule has 1 aliphatic rings. The second kappa shape index (κ2) is 11.4. The van der Waals surface area contributed by atoms with E-state index >= 15 is 0 Å². The third-order valence-electron chi connectivity index (χ3n) is 4.98. The van der Waals surface area contributed by atoms with E-state index in [0.717, 1.165) is 65.8 Å². The van der Waals surface area contributed by atoms with Crippen molar-refractivity contribution < 1.29 is 14.3 Å². The van der Waals surface area contributed by atoms with Gasteiger partial charge in [0.15, 0.2) is 6.61 Å². The molecule has 2 rings (SSSR count). The van der Waals surface area contributed by atoms with E-state index in [0.29, 0.717) is 0 Å². The number of esters is 1. The Morgan fingerprint density at radius 3 is 2.39 bits per heavy atom. The van der Waals surface area contributed by atoms with Gasteiger partial charge in [0.2, 0.25) is 0 Å². The highest BCUT2D eigenvalue weighted by Crippen LogP contribution is 2.23. The van der Waals surface area contributed by atoms with E-state index in [-0.39, 0.29) is 18.3 Å². The van der Waals surface area contributed by atoms with Gasteiger partial charge >= 0.3 is 5.97 Å². The number of piperidine rings is 1. The van der Waals surface area contributed by atoms with Crippen molar-refractivity contribution in [3.63, 3.8) is 0 Å². The first-order chi connectivity index (χ1) is 13.4. The lowest BCUT2D eigenvalue weighted by molar-refractivity contribution is -0.144. The molecule has 0 bridgehead atoms. The lowest BCUT2D eigenvalue weighted by Crippen LogP contribution is -2.36. The zero-order valence-electron chi connectivity index (χ0n) is 17.0. The third kappa shape index (κ3) is 6.78. The monoisotopic (exact) mass is 422 g/mol. The molecule has 1 aromatic rings. The molecule has 0 atom stereocenters. The standard InChI is InChI=1S/C21H30N2O3S2/c1-4-16-7-6-8-17(5-2)20(16)22-18(24)13-26-19(25)14-28-21(27)23-11-9-15(3)10-12-23/h6-8,15H,4-5,9-14H2,1-3H3,(H,22,24). The number of hydrogen-bond donors (Lipinski definition) is 1. The molecule has 5 nitrogen and oxygen atoms in total. The number of ether oxygens (including phenoxy) is 1. The maximum absolute atomic E-state index is 12.2. The second-order valence-corrected chi connectivity index (χ2v) is 8.70. The quantitative estimate of drug-likeness (QED) is 0.529. The molecule has 0 radical (unpaired) electrons. The van der Waals surface area contributed by atoms with Crippen molar-refractivity contribution in [3.05, 3.63) is 29.3 Å². The Morgan fingerprint density at radius 2 is 1.82 bits per heavy atom. The van der Waals surface area contributed by atoms with Crippen molar-refractivity contribution >= 4 is 45.9 Å². The van der Waals surface area contributed by atoms with Gasteiger partial charge in [0.05, 0.1) is 5.75 Å². The van der Waals surface area contributed by atoms with E-state index in [1.165, 1.54) is 11.8 Å². The highest BCUT2D eigenvalue weighted by Gasteiger charge is 2.19. The van der Waals surface area contributed by atoms with Crippen LogP contribution in [0.4, 0.5) is 5.69 Å². The highest BCUT2D eigenvalue weighted by atomic mass is 32.2. The summed E-state index contributed by atoms with van der Waals surface area (Å²) in [6.45, 7) is 7.95. The topological polar surface area (TPSA) is 58.6 Å². The molecule has 1 aliphatic heterocycles. The van der Waals surface area contributed by atoms with Crippen molar-refractivity contribution in [3.8, 4) is 0 Å². The minimum Gasteiger partial charge on any atom is -0.455 e. The summed E-state index contributed by atoms with van der Waals surface area (Å²) in [6.07, 6.45) is 3.91. The molecule has 1 heterocycles. The van der Waals surface area contributed by atoms with Gasteiger partial charge in [-0.05, 0) is 42.7 Å². The highest BCUT2D eigenvalue weighted by molar-refractivity contribution is 8.23. The number of amides is 1. The molecule has 1 amide bonds. The SMILES string of the molecule is CCc1cccc(CC)c1NC(=O)COC(=O)CSC(=S)N1CCC(C)CC1. The van der Waals surface area contributed by atoms with Crippen molar-refractivity contribution in [2.75, 3.05) is 30.8 Å². The van der Waals surface area contributed by atoms with E-state index in [2.05, 4.69) is 17.1 Å². The van der Waals surface area contributed by atoms with Gasteiger partial charge in [-0.15, -0.1) is 0 Å². The van der Waals surface area contributed by atoms with Gasteiger partial charge in [-0.25, -0.2) is 0 Å². The lowest BCUT2D eigenvalue weighted by Gasteiger charge is -2.31. The second-order valence-electron chi connectivity index (χ2n) is 7.09. The maximum atomic E-state index is 12.2. The zero-order chi connectivity index (χ0) is 20.5. The minimum atomic E-state index is -0.424. The molecular formula is C21H30N2O3S2. The summed E-state index contributed by atoms with van der Waals surface area (Å²) in [5, 5.41) is 2.90. The van der Waals surface area contributed by atoms with Crippen molar-refractivity contribution in [2.45, 2.75) is 46.5 Å². The summed E-state index contributed by atoms with van der Waals surface area (Å²) in [5.74, 6) is 0.122. The molecule has 1 saturated heterocycles. The maximum Gasteiger partial charge on any atom is 0.316 e. The lowest BCUT2D eigenvalue weighted by atomic mass is 10.00. The molecule has 0 aromatic heterocycles. The van der Waals surface area contributed by atoms with Gasteiger partial charge < -0.3 is 15.0 Å². The van der Waals surface area contributed by atoms with Crippen LogP contribution in [0.5, 0.6) is 0 Å². The number of hydrogen-bond acceptors (Lipinski definition) is 5. The molecule has 1 N–H and O–H groups in total. The van der Waals surface area contributed by atoms with Gasteiger partial charge in [-0.2, -0.15) is 0 Å². The fourth-order valence-corrected chi connectivity index (χ4v) is 4.22. The summed E-state index contributed by atoms with van der Waals surface area (Å²) in [5.41, 5.74) is 3.00. The largest absolute Gasteiger partial charge is 0.455 e. The first kappa shape index (κ1) is 22.7. The number of rotatable bonds is 7. The van der Waals surface area contributed by atoms with E-state index in [9.17, 15) is 9.59 Å². The average Bonchev–Trinajstić information content (AvgIpc) is 2.71. The van der Waals surface area contributed by atoms with Crippen molar-refractivity contribution in [1.29, 1.82) is 0 Å². The molecule has 7 heteroatoms. The van der Waals surface area contributed by atoms with E-state index < -0.39 is 5.97 Å². The smallest absolute Gasteiger partial charge is 0.316 e. The van der Waals surface area contributed by atoms with Crippen LogP contribution >= 0.6 is 24.0 Å². The summed E-state index contributed by atoms with van der Waals surface area (Å²) in [6, 6.07) is 6.00. The molecule has 1 aromatic carbocycles. The molecule has 28 heavy (non-hydrogen) atoms. The average molecular weight is 423 g/mol. The van der Waals surface area contributed by atoms with E-state index in [1.807, 2.05) is 32.0 Å². The molecular weight excluding hydrogens is 392 g/mol. The predicted molar refractivity (Wildman–Crippen MR) is 120 cm³/mol. The Balaban J connectivity index is 1.75. The van der Waals surface area contributed by atoms with Crippen LogP contribution in [0, 0.1) is 5.92 Å². The molecule has 0 spiro atoms. The number of carbonyl (C=O) groups is 2. The number of nitrogens with one attached hydrogen (secondary N) is 1. The van der Waals surface area contributed by atoms with Crippen LogP contribution in [-0.4, -0.2) is 46.5 Å². The summed E-state index contributed by atoms with van der Waals surface area (Å²) < 4.78 is 5.86. The van der Waals surface area contributed by atoms with Crippen LogP contribution in [-0.2, 0) is 27.2 Å². The number of aryl methyl sites for hydroxylation is 2. The fourth-order valence-electron chi connectivity index (χ4n) is 3.17. The van der Waals surface area contributed by atoms with E-state index in [1.54, 1.807) is 0 Å².